The van der Waals surface area contributed by atoms with Crippen LogP contribution in [-0.4, -0.2) is 26.8 Å². The van der Waals surface area contributed by atoms with Crippen molar-refractivity contribution in [3.05, 3.63) is 34.6 Å². The van der Waals surface area contributed by atoms with E-state index in [1.807, 2.05) is 13.1 Å². The molecule has 0 radical (unpaired) electrons. The minimum Gasteiger partial charge on any atom is -0.381 e. The van der Waals surface area contributed by atoms with Crippen LogP contribution < -0.4 is 5.32 Å². The van der Waals surface area contributed by atoms with Crippen LogP contribution in [0.15, 0.2) is 18.2 Å². The first-order valence-corrected chi connectivity index (χ1v) is 6.70. The van der Waals surface area contributed by atoms with Gasteiger partial charge in [-0.1, -0.05) is 23.7 Å². The fourth-order valence-electron chi connectivity index (χ4n) is 2.68. The molecule has 1 N–H and O–H groups in total. The van der Waals surface area contributed by atoms with E-state index in [1.165, 1.54) is 6.07 Å². The zero-order valence-electron chi connectivity index (χ0n) is 10.6. The quantitative estimate of drug-likeness (QED) is 0.909. The van der Waals surface area contributed by atoms with Gasteiger partial charge < -0.3 is 10.1 Å². The zero-order chi connectivity index (χ0) is 13.0. The summed E-state index contributed by atoms with van der Waals surface area (Å²) in [5.74, 6) is -0.333. The third-order valence-electron chi connectivity index (χ3n) is 3.70. The van der Waals surface area contributed by atoms with Gasteiger partial charge in [-0.2, -0.15) is 0 Å². The first-order chi connectivity index (χ1) is 8.67. The molecule has 1 heterocycles. The molecule has 1 aliphatic rings. The summed E-state index contributed by atoms with van der Waals surface area (Å²) in [4.78, 5) is 0. The molecule has 1 aromatic carbocycles. The summed E-state index contributed by atoms with van der Waals surface area (Å²) in [5, 5.41) is 3.50. The number of halogens is 2. The molecule has 2 nitrogen and oxygen atoms in total. The van der Waals surface area contributed by atoms with Gasteiger partial charge in [0.15, 0.2) is 0 Å². The summed E-state index contributed by atoms with van der Waals surface area (Å²) >= 11 is 6.05. The summed E-state index contributed by atoms with van der Waals surface area (Å²) in [5.41, 5.74) is 1.03. The highest BCUT2D eigenvalue weighted by Gasteiger charge is 2.32. The van der Waals surface area contributed by atoms with Crippen molar-refractivity contribution in [1.82, 2.24) is 5.32 Å². The lowest BCUT2D eigenvalue weighted by Crippen LogP contribution is -2.39. The van der Waals surface area contributed by atoms with E-state index in [-0.39, 0.29) is 16.3 Å². The summed E-state index contributed by atoms with van der Waals surface area (Å²) in [6.07, 6.45) is 2.77. The molecule has 1 fully saturated rings. The normalized spacial score (nSPS) is 18.8. The number of nitrogens with one attached hydrogen (secondary N) is 1. The predicted octanol–water partition coefficient (Wildman–Crippen LogP) is 3.04. The molecule has 1 saturated heterocycles. The molecule has 0 aliphatic carbocycles. The minimum atomic E-state index is -0.333. The fraction of sp³-hybridized carbons (Fsp3) is 0.571. The summed E-state index contributed by atoms with van der Waals surface area (Å²) in [6.45, 7) is 2.45. The molecule has 0 spiro atoms. The van der Waals surface area contributed by atoms with Gasteiger partial charge in [0.25, 0.3) is 0 Å². The van der Waals surface area contributed by atoms with Crippen LogP contribution in [0.1, 0.15) is 18.4 Å². The summed E-state index contributed by atoms with van der Waals surface area (Å²) < 4.78 is 18.9. The third kappa shape index (κ3) is 3.02. The van der Waals surface area contributed by atoms with Gasteiger partial charge in [-0.05, 0) is 43.4 Å². The van der Waals surface area contributed by atoms with E-state index >= 15 is 0 Å². The van der Waals surface area contributed by atoms with Crippen LogP contribution in [0.25, 0.3) is 0 Å². The van der Waals surface area contributed by atoms with Crippen LogP contribution in [0, 0.1) is 11.2 Å². The maximum Gasteiger partial charge on any atom is 0.142 e. The number of hydrogen-bond donors (Lipinski definition) is 1. The van der Waals surface area contributed by atoms with Crippen LogP contribution in [0.2, 0.25) is 5.02 Å². The molecule has 0 bridgehead atoms. The molecule has 4 heteroatoms. The minimum absolute atomic E-state index is 0.129. The molecule has 18 heavy (non-hydrogen) atoms. The molecule has 0 atom stereocenters. The lowest BCUT2D eigenvalue weighted by atomic mass is 9.75. The van der Waals surface area contributed by atoms with Crippen molar-refractivity contribution >= 4 is 11.6 Å². The van der Waals surface area contributed by atoms with Gasteiger partial charge in [0, 0.05) is 19.8 Å². The maximum absolute atomic E-state index is 13.5. The van der Waals surface area contributed by atoms with E-state index in [9.17, 15) is 4.39 Å². The standard InChI is InChI=1S/C14H19ClFNO/c1-17-10-14(5-7-18-8-6-14)9-11-3-2-4-12(16)13(11)15/h2-4,17H,5-10H2,1H3. The van der Waals surface area contributed by atoms with Gasteiger partial charge in [-0.25, -0.2) is 4.39 Å². The fourth-order valence-corrected chi connectivity index (χ4v) is 2.88. The van der Waals surface area contributed by atoms with Gasteiger partial charge in [-0.3, -0.25) is 0 Å². The lowest BCUT2D eigenvalue weighted by Gasteiger charge is -2.37. The van der Waals surface area contributed by atoms with E-state index in [0.717, 1.165) is 44.6 Å². The van der Waals surface area contributed by atoms with Crippen LogP contribution in [-0.2, 0) is 11.2 Å². The Morgan fingerprint density at radius 2 is 2.11 bits per heavy atom. The van der Waals surface area contributed by atoms with Crippen molar-refractivity contribution in [2.75, 3.05) is 26.8 Å². The Labute approximate surface area is 112 Å². The zero-order valence-corrected chi connectivity index (χ0v) is 11.4. The smallest absolute Gasteiger partial charge is 0.142 e. The van der Waals surface area contributed by atoms with E-state index < -0.39 is 0 Å². The molecule has 1 aromatic rings. The molecule has 1 aliphatic heterocycles. The Bertz CT molecular complexity index is 399. The largest absolute Gasteiger partial charge is 0.381 e. The van der Waals surface area contributed by atoms with Gasteiger partial charge >= 0.3 is 0 Å². The predicted molar refractivity (Wildman–Crippen MR) is 71.5 cm³/mol. The van der Waals surface area contributed by atoms with Crippen molar-refractivity contribution < 1.29 is 9.13 Å². The lowest BCUT2D eigenvalue weighted by molar-refractivity contribution is 0.0158. The van der Waals surface area contributed by atoms with Crippen LogP contribution in [0.4, 0.5) is 4.39 Å². The van der Waals surface area contributed by atoms with Gasteiger partial charge in [0.1, 0.15) is 5.82 Å². The molecule has 0 saturated carbocycles. The molecule has 0 unspecified atom stereocenters. The number of hydrogen-bond acceptors (Lipinski definition) is 2. The highest BCUT2D eigenvalue weighted by Crippen LogP contribution is 2.36. The van der Waals surface area contributed by atoms with Crippen LogP contribution in [0.5, 0.6) is 0 Å². The average molecular weight is 272 g/mol. The Morgan fingerprint density at radius 3 is 2.78 bits per heavy atom. The molecule has 2 rings (SSSR count). The third-order valence-corrected chi connectivity index (χ3v) is 4.13. The Balaban J connectivity index is 2.20. The second-order valence-corrected chi connectivity index (χ2v) is 5.41. The van der Waals surface area contributed by atoms with E-state index in [0.29, 0.717) is 0 Å². The number of benzene rings is 1. The SMILES string of the molecule is CNCC1(Cc2cccc(F)c2Cl)CCOCC1. The molecule has 0 amide bonds. The summed E-state index contributed by atoms with van der Waals surface area (Å²) in [7, 11) is 1.95. The molecule has 100 valence electrons. The number of rotatable bonds is 4. The molecular formula is C14H19ClFNO. The topological polar surface area (TPSA) is 21.3 Å². The Kier molecular flexibility index (Phi) is 4.60. The van der Waals surface area contributed by atoms with Crippen molar-refractivity contribution in [1.29, 1.82) is 0 Å². The second-order valence-electron chi connectivity index (χ2n) is 5.03. The van der Waals surface area contributed by atoms with Crippen molar-refractivity contribution in [3.63, 3.8) is 0 Å². The van der Waals surface area contributed by atoms with Crippen molar-refractivity contribution in [2.24, 2.45) is 5.41 Å². The Morgan fingerprint density at radius 1 is 1.39 bits per heavy atom. The van der Waals surface area contributed by atoms with Crippen molar-refractivity contribution in [2.45, 2.75) is 19.3 Å². The number of ether oxygens (including phenoxy) is 1. The average Bonchev–Trinajstić information content (AvgIpc) is 2.36. The highest BCUT2D eigenvalue weighted by molar-refractivity contribution is 6.31. The molecule has 0 aromatic heterocycles. The van der Waals surface area contributed by atoms with Gasteiger partial charge in [0.05, 0.1) is 5.02 Å². The van der Waals surface area contributed by atoms with Crippen molar-refractivity contribution in [3.8, 4) is 0 Å². The maximum atomic E-state index is 13.5. The van der Waals surface area contributed by atoms with Gasteiger partial charge in [0.2, 0.25) is 0 Å². The van der Waals surface area contributed by atoms with E-state index in [4.69, 9.17) is 16.3 Å². The van der Waals surface area contributed by atoms with Gasteiger partial charge in [-0.15, -0.1) is 0 Å². The summed E-state index contributed by atoms with van der Waals surface area (Å²) in [6, 6.07) is 5.04. The monoisotopic (exact) mass is 271 g/mol. The molecular weight excluding hydrogens is 253 g/mol. The van der Waals surface area contributed by atoms with Crippen LogP contribution in [0.3, 0.4) is 0 Å². The first-order valence-electron chi connectivity index (χ1n) is 6.32. The van der Waals surface area contributed by atoms with Crippen LogP contribution >= 0.6 is 11.6 Å². The highest BCUT2D eigenvalue weighted by atomic mass is 35.5. The first kappa shape index (κ1) is 13.8. The van der Waals surface area contributed by atoms with E-state index in [1.54, 1.807) is 6.07 Å². The Hall–Kier alpha value is -0.640. The van der Waals surface area contributed by atoms with E-state index in [2.05, 4.69) is 5.32 Å². The second kappa shape index (κ2) is 6.00.